The Labute approximate surface area is 170 Å². The number of aliphatic hydroxyl groups excluding tert-OH is 1. The first-order chi connectivity index (χ1) is 13.0. The second-order valence-corrected chi connectivity index (χ2v) is 9.71. The molecule has 1 saturated carbocycles. The van der Waals surface area contributed by atoms with Crippen molar-refractivity contribution in [2.45, 2.75) is 111 Å². The number of aliphatic carboxylic acids is 1. The summed E-state index contributed by atoms with van der Waals surface area (Å²) in [7, 11) is 0. The highest BCUT2D eigenvalue weighted by Gasteiger charge is 2.44. The fourth-order valence-electron chi connectivity index (χ4n) is 4.92. The molecule has 1 rings (SSSR count). The minimum atomic E-state index is -1.36. The van der Waals surface area contributed by atoms with Crippen LogP contribution in [0.25, 0.3) is 0 Å². The molecule has 1 aliphatic rings. The number of hydrogen-bond donors (Lipinski definition) is 2. The maximum atomic E-state index is 12.5. The van der Waals surface area contributed by atoms with Crippen molar-refractivity contribution in [2.75, 3.05) is 0 Å². The molecular formula is C23H40O5. The van der Waals surface area contributed by atoms with E-state index < -0.39 is 11.8 Å². The monoisotopic (exact) mass is 396 g/mol. The highest BCUT2D eigenvalue weighted by Crippen LogP contribution is 2.46. The minimum absolute atomic E-state index is 0.0726. The molecule has 2 N–H and O–H groups in total. The second-order valence-electron chi connectivity index (χ2n) is 9.71. The highest BCUT2D eigenvalue weighted by molar-refractivity contribution is 6.32. The van der Waals surface area contributed by atoms with E-state index in [-0.39, 0.29) is 23.4 Å². The topological polar surface area (TPSA) is 91.7 Å². The number of carboxylic acids is 1. The molecule has 5 heteroatoms. The fraction of sp³-hybridized carbons (Fsp3) is 0.870. The van der Waals surface area contributed by atoms with Crippen LogP contribution < -0.4 is 0 Å². The number of unbranched alkanes of at least 4 members (excludes halogenated alkanes) is 2. The molecule has 0 aromatic rings. The fourth-order valence-corrected chi connectivity index (χ4v) is 4.92. The van der Waals surface area contributed by atoms with E-state index in [0.717, 1.165) is 57.8 Å². The zero-order chi connectivity index (χ0) is 21.4. The molecule has 3 atom stereocenters. The molecule has 28 heavy (non-hydrogen) atoms. The first kappa shape index (κ1) is 24.8. The number of hydrogen-bond acceptors (Lipinski definition) is 4. The van der Waals surface area contributed by atoms with Gasteiger partial charge in [0.1, 0.15) is 5.78 Å². The van der Waals surface area contributed by atoms with Crippen molar-refractivity contribution in [1.29, 1.82) is 0 Å². The lowest BCUT2D eigenvalue weighted by Crippen LogP contribution is -2.30. The summed E-state index contributed by atoms with van der Waals surface area (Å²) in [5.41, 5.74) is -0.189. The zero-order valence-corrected chi connectivity index (χ0v) is 18.3. The molecule has 0 amide bonds. The molecule has 5 nitrogen and oxygen atoms in total. The summed E-state index contributed by atoms with van der Waals surface area (Å²) in [6, 6.07) is 0. The van der Waals surface area contributed by atoms with E-state index in [1.165, 1.54) is 0 Å². The van der Waals surface area contributed by atoms with Crippen molar-refractivity contribution in [2.24, 2.45) is 16.7 Å². The van der Waals surface area contributed by atoms with Crippen molar-refractivity contribution in [3.63, 3.8) is 0 Å². The van der Waals surface area contributed by atoms with Crippen LogP contribution >= 0.6 is 0 Å². The number of carbonyl (C=O) groups is 3. The van der Waals surface area contributed by atoms with Gasteiger partial charge in [0.2, 0.25) is 5.78 Å². The zero-order valence-electron chi connectivity index (χ0n) is 18.3. The molecule has 0 aromatic heterocycles. The van der Waals surface area contributed by atoms with Crippen LogP contribution in [0, 0.1) is 16.7 Å². The summed E-state index contributed by atoms with van der Waals surface area (Å²) in [5, 5.41) is 19.1. The van der Waals surface area contributed by atoms with Gasteiger partial charge in [-0.3, -0.25) is 9.59 Å². The number of carboxylic acid groups (broad SMARTS) is 1. The summed E-state index contributed by atoms with van der Waals surface area (Å²) in [4.78, 5) is 34.2. The van der Waals surface area contributed by atoms with Gasteiger partial charge in [0.15, 0.2) is 0 Å². The largest absolute Gasteiger partial charge is 0.476 e. The first-order valence-corrected chi connectivity index (χ1v) is 11.0. The van der Waals surface area contributed by atoms with Gasteiger partial charge in [-0.1, -0.05) is 47.0 Å². The summed E-state index contributed by atoms with van der Waals surface area (Å²) in [6.45, 7) is 8.64. The van der Waals surface area contributed by atoms with E-state index in [9.17, 15) is 19.5 Å². The molecule has 0 radical (unpaired) electrons. The third-order valence-corrected chi connectivity index (χ3v) is 6.66. The average Bonchev–Trinajstić information content (AvgIpc) is 2.86. The van der Waals surface area contributed by atoms with E-state index >= 15 is 0 Å². The van der Waals surface area contributed by atoms with Gasteiger partial charge in [-0.05, 0) is 56.3 Å². The molecule has 1 fully saturated rings. The maximum Gasteiger partial charge on any atom is 0.372 e. The molecule has 0 saturated heterocycles. The Morgan fingerprint density at radius 1 is 1.25 bits per heavy atom. The Hall–Kier alpha value is -1.23. The summed E-state index contributed by atoms with van der Waals surface area (Å²) >= 11 is 0. The third-order valence-electron chi connectivity index (χ3n) is 6.66. The molecule has 0 bridgehead atoms. The molecule has 0 aliphatic heterocycles. The van der Waals surface area contributed by atoms with E-state index in [0.29, 0.717) is 24.5 Å². The van der Waals surface area contributed by atoms with Crippen LogP contribution in [0.3, 0.4) is 0 Å². The van der Waals surface area contributed by atoms with Gasteiger partial charge < -0.3 is 10.2 Å². The minimum Gasteiger partial charge on any atom is -0.476 e. The van der Waals surface area contributed by atoms with E-state index in [1.807, 2.05) is 0 Å². The van der Waals surface area contributed by atoms with Gasteiger partial charge >= 0.3 is 5.97 Å². The quantitative estimate of drug-likeness (QED) is 0.321. The second kappa shape index (κ2) is 11.1. The van der Waals surface area contributed by atoms with Crippen molar-refractivity contribution in [3.05, 3.63) is 0 Å². The van der Waals surface area contributed by atoms with Crippen molar-refractivity contribution >= 4 is 17.5 Å². The number of carbonyl (C=O) groups excluding carboxylic acids is 2. The average molecular weight is 397 g/mol. The predicted octanol–water partition coefficient (Wildman–Crippen LogP) is 4.93. The van der Waals surface area contributed by atoms with Gasteiger partial charge in [0.05, 0.1) is 6.10 Å². The number of ketones is 2. The molecule has 1 unspecified atom stereocenters. The summed E-state index contributed by atoms with van der Waals surface area (Å²) < 4.78 is 0. The molecule has 0 aromatic carbocycles. The molecule has 0 spiro atoms. The molecular weight excluding hydrogens is 356 g/mol. The number of aliphatic hydroxyl groups is 1. The lowest BCUT2D eigenvalue weighted by atomic mass is 9.72. The smallest absolute Gasteiger partial charge is 0.372 e. The van der Waals surface area contributed by atoms with Gasteiger partial charge in [0, 0.05) is 18.3 Å². The molecule has 0 heterocycles. The van der Waals surface area contributed by atoms with Gasteiger partial charge in [-0.25, -0.2) is 4.79 Å². The van der Waals surface area contributed by atoms with Crippen molar-refractivity contribution < 1.29 is 24.6 Å². The molecule has 1 aliphatic carbocycles. The van der Waals surface area contributed by atoms with Crippen LogP contribution in [0.4, 0.5) is 0 Å². The van der Waals surface area contributed by atoms with Gasteiger partial charge in [-0.2, -0.15) is 0 Å². The Kier molecular flexibility index (Phi) is 9.82. The van der Waals surface area contributed by atoms with Crippen LogP contribution in [-0.4, -0.2) is 33.9 Å². The highest BCUT2D eigenvalue weighted by atomic mass is 16.4. The lowest BCUT2D eigenvalue weighted by Gasteiger charge is -2.32. The maximum absolute atomic E-state index is 12.5. The third kappa shape index (κ3) is 7.65. The summed E-state index contributed by atoms with van der Waals surface area (Å²) in [5.74, 6) is -1.47. The number of Topliss-reactive ketones (excluding diaryl/α,β-unsaturated/α-hetero) is 2. The Morgan fingerprint density at radius 2 is 1.93 bits per heavy atom. The SMILES string of the molecule is CCCC(C)(C)CC(O)CC[C@H]1CCC(=O)[C@]1(C)CCCCCC(=O)C(=O)O. The van der Waals surface area contributed by atoms with Crippen LogP contribution in [0.15, 0.2) is 0 Å². The first-order valence-electron chi connectivity index (χ1n) is 11.0. The van der Waals surface area contributed by atoms with E-state index in [1.54, 1.807) is 0 Å². The van der Waals surface area contributed by atoms with Crippen LogP contribution in [0.1, 0.15) is 105 Å². The predicted molar refractivity (Wildman–Crippen MR) is 110 cm³/mol. The van der Waals surface area contributed by atoms with Gasteiger partial charge in [0.25, 0.3) is 0 Å². The Bertz CT molecular complexity index is 539. The van der Waals surface area contributed by atoms with Crippen molar-refractivity contribution in [1.82, 2.24) is 0 Å². The van der Waals surface area contributed by atoms with E-state index in [4.69, 9.17) is 5.11 Å². The molecule has 162 valence electrons. The Balaban J connectivity index is 2.45. The van der Waals surface area contributed by atoms with E-state index in [2.05, 4.69) is 27.7 Å². The van der Waals surface area contributed by atoms with Crippen LogP contribution in [-0.2, 0) is 14.4 Å². The van der Waals surface area contributed by atoms with Gasteiger partial charge in [-0.15, -0.1) is 0 Å². The Morgan fingerprint density at radius 3 is 2.54 bits per heavy atom. The van der Waals surface area contributed by atoms with Crippen LogP contribution in [0.2, 0.25) is 0 Å². The normalized spacial score (nSPS) is 23.8. The van der Waals surface area contributed by atoms with Crippen LogP contribution in [0.5, 0.6) is 0 Å². The lowest BCUT2D eigenvalue weighted by molar-refractivity contribution is -0.149. The number of rotatable bonds is 14. The van der Waals surface area contributed by atoms with Crippen molar-refractivity contribution in [3.8, 4) is 0 Å². The summed E-state index contributed by atoms with van der Waals surface area (Å²) in [6.07, 6.45) is 8.87. The standard InChI is InChI=1S/C23H40O5/c1-5-14-22(2,3)16-18(24)12-10-17-11-13-20(26)23(17,4)15-8-6-7-9-19(25)21(27)28/h17-18,24H,5-16H2,1-4H3,(H,27,28)/t17-,18?,23+/m0/s1.